The van der Waals surface area contributed by atoms with Gasteiger partial charge in [-0.25, -0.2) is 9.59 Å². The van der Waals surface area contributed by atoms with Crippen LogP contribution in [0.4, 0.5) is 0 Å². The van der Waals surface area contributed by atoms with Gasteiger partial charge in [0.1, 0.15) is 0 Å². The third-order valence-corrected chi connectivity index (χ3v) is 2.73. The largest absolute Gasteiger partial charge is 0.477 e. The Morgan fingerprint density at radius 3 is 2.44 bits per heavy atom. The van der Waals surface area contributed by atoms with Crippen LogP contribution in [0, 0.1) is 0 Å². The molecule has 1 unspecified atom stereocenters. The predicted octanol–water partition coefficient (Wildman–Crippen LogP) is 1.83. The Labute approximate surface area is 102 Å². The summed E-state index contributed by atoms with van der Waals surface area (Å²) in [5.41, 5.74) is 0. The molecule has 1 heterocycles. The van der Waals surface area contributed by atoms with Crippen molar-refractivity contribution in [1.29, 1.82) is 0 Å². The smallest absolute Gasteiger partial charge is 0.353 e. The number of rotatable bonds is 3. The maximum absolute atomic E-state index is 11.3. The van der Waals surface area contributed by atoms with Crippen LogP contribution in [0.2, 0.25) is 0 Å². The SMILES string of the molecule is O=C(O)C(Cl)=C(Cl)C(=O)OC1CCCCO1. The molecule has 1 saturated heterocycles. The van der Waals surface area contributed by atoms with Crippen molar-refractivity contribution >= 4 is 35.1 Å². The maximum Gasteiger partial charge on any atom is 0.353 e. The van der Waals surface area contributed by atoms with Crippen LogP contribution in [-0.2, 0) is 19.1 Å². The third kappa shape index (κ3) is 3.66. The zero-order chi connectivity index (χ0) is 12.1. The van der Waals surface area contributed by atoms with Gasteiger partial charge in [-0.3, -0.25) is 0 Å². The highest BCUT2D eigenvalue weighted by Crippen LogP contribution is 2.19. The molecule has 90 valence electrons. The minimum atomic E-state index is -1.48. The van der Waals surface area contributed by atoms with Crippen molar-refractivity contribution in [1.82, 2.24) is 0 Å². The van der Waals surface area contributed by atoms with Gasteiger partial charge in [-0.1, -0.05) is 23.2 Å². The van der Waals surface area contributed by atoms with E-state index in [1.54, 1.807) is 0 Å². The molecule has 5 nitrogen and oxygen atoms in total. The average molecular weight is 269 g/mol. The summed E-state index contributed by atoms with van der Waals surface area (Å²) in [5, 5.41) is 7.08. The molecule has 16 heavy (non-hydrogen) atoms. The molecule has 0 bridgehead atoms. The number of carbonyl (C=O) groups excluding carboxylic acids is 1. The quantitative estimate of drug-likeness (QED) is 0.625. The van der Waals surface area contributed by atoms with Crippen LogP contribution in [0.5, 0.6) is 0 Å². The van der Waals surface area contributed by atoms with Crippen LogP contribution in [0.15, 0.2) is 10.1 Å². The molecule has 0 radical (unpaired) electrons. The lowest BCUT2D eigenvalue weighted by Gasteiger charge is -2.22. The molecule has 1 atom stereocenters. The van der Waals surface area contributed by atoms with Crippen molar-refractivity contribution in [3.8, 4) is 0 Å². The van der Waals surface area contributed by atoms with Crippen molar-refractivity contribution in [2.24, 2.45) is 0 Å². The second kappa shape index (κ2) is 6.08. The van der Waals surface area contributed by atoms with E-state index in [4.69, 9.17) is 37.8 Å². The number of hydrogen-bond acceptors (Lipinski definition) is 4. The maximum atomic E-state index is 11.3. The van der Waals surface area contributed by atoms with Gasteiger partial charge in [-0.2, -0.15) is 0 Å². The summed E-state index contributed by atoms with van der Waals surface area (Å²) in [6.45, 7) is 0.506. The lowest BCUT2D eigenvalue weighted by Crippen LogP contribution is -2.25. The number of carbonyl (C=O) groups is 2. The highest BCUT2D eigenvalue weighted by Gasteiger charge is 2.23. The van der Waals surface area contributed by atoms with Crippen molar-refractivity contribution in [3.05, 3.63) is 10.1 Å². The molecular weight excluding hydrogens is 259 g/mol. The van der Waals surface area contributed by atoms with E-state index in [0.717, 1.165) is 12.8 Å². The van der Waals surface area contributed by atoms with Gasteiger partial charge in [0.05, 0.1) is 6.61 Å². The van der Waals surface area contributed by atoms with E-state index in [-0.39, 0.29) is 0 Å². The number of carboxylic acid groups (broad SMARTS) is 1. The van der Waals surface area contributed by atoms with E-state index in [0.29, 0.717) is 13.0 Å². The topological polar surface area (TPSA) is 72.8 Å². The van der Waals surface area contributed by atoms with E-state index in [1.165, 1.54) is 0 Å². The van der Waals surface area contributed by atoms with Gasteiger partial charge in [0.15, 0.2) is 10.1 Å². The third-order valence-electron chi connectivity index (χ3n) is 1.94. The standard InChI is InChI=1S/C9H10Cl2O5/c10-6(8(12)13)7(11)9(14)16-5-3-1-2-4-15-5/h5H,1-4H2,(H,12,13). The molecule has 0 saturated carbocycles. The summed E-state index contributed by atoms with van der Waals surface area (Å²) < 4.78 is 9.95. The molecule has 0 amide bonds. The summed E-state index contributed by atoms with van der Waals surface area (Å²) >= 11 is 10.7. The monoisotopic (exact) mass is 268 g/mol. The zero-order valence-corrected chi connectivity index (χ0v) is 9.75. The summed E-state index contributed by atoms with van der Waals surface area (Å²) in [7, 11) is 0. The van der Waals surface area contributed by atoms with Crippen LogP contribution in [0.3, 0.4) is 0 Å². The lowest BCUT2D eigenvalue weighted by atomic mass is 10.2. The number of halogens is 2. The first-order valence-electron chi connectivity index (χ1n) is 4.63. The molecule has 1 aliphatic heterocycles. The lowest BCUT2D eigenvalue weighted by molar-refractivity contribution is -0.181. The van der Waals surface area contributed by atoms with E-state index >= 15 is 0 Å². The molecule has 1 N–H and O–H groups in total. The number of ether oxygens (including phenoxy) is 2. The molecule has 0 aromatic heterocycles. The number of hydrogen-bond donors (Lipinski definition) is 1. The number of aliphatic carboxylic acids is 1. The van der Waals surface area contributed by atoms with E-state index in [1.807, 2.05) is 0 Å². The number of esters is 1. The van der Waals surface area contributed by atoms with Crippen molar-refractivity contribution < 1.29 is 24.2 Å². The normalized spacial score (nSPS) is 22.2. The van der Waals surface area contributed by atoms with E-state index in [2.05, 4.69) is 0 Å². The van der Waals surface area contributed by atoms with Gasteiger partial charge in [-0.05, 0) is 12.8 Å². The van der Waals surface area contributed by atoms with Gasteiger partial charge in [-0.15, -0.1) is 0 Å². The molecular formula is C9H10Cl2O5. The average Bonchev–Trinajstić information content (AvgIpc) is 2.28. The Kier molecular flexibility index (Phi) is 5.05. The van der Waals surface area contributed by atoms with Gasteiger partial charge in [0.2, 0.25) is 6.29 Å². The fourth-order valence-electron chi connectivity index (χ4n) is 1.16. The Morgan fingerprint density at radius 1 is 1.25 bits per heavy atom. The van der Waals surface area contributed by atoms with Crippen molar-refractivity contribution in [2.45, 2.75) is 25.6 Å². The van der Waals surface area contributed by atoms with Gasteiger partial charge in [0.25, 0.3) is 0 Å². The van der Waals surface area contributed by atoms with Crippen molar-refractivity contribution in [3.63, 3.8) is 0 Å². The Bertz CT molecular complexity index is 320. The minimum absolute atomic E-state index is 0.506. The highest BCUT2D eigenvalue weighted by molar-refractivity contribution is 6.52. The Balaban J connectivity index is 2.57. The van der Waals surface area contributed by atoms with Gasteiger partial charge < -0.3 is 14.6 Å². The Morgan fingerprint density at radius 2 is 1.94 bits per heavy atom. The molecule has 0 spiro atoms. The van der Waals surface area contributed by atoms with E-state index < -0.39 is 28.3 Å². The first-order valence-corrected chi connectivity index (χ1v) is 5.39. The van der Waals surface area contributed by atoms with Crippen LogP contribution >= 0.6 is 23.2 Å². The first kappa shape index (κ1) is 13.3. The minimum Gasteiger partial charge on any atom is -0.477 e. The van der Waals surface area contributed by atoms with Crippen LogP contribution in [-0.4, -0.2) is 29.9 Å². The van der Waals surface area contributed by atoms with Crippen LogP contribution in [0.25, 0.3) is 0 Å². The molecule has 1 fully saturated rings. The van der Waals surface area contributed by atoms with Crippen molar-refractivity contribution in [2.75, 3.05) is 6.61 Å². The second-order valence-electron chi connectivity index (χ2n) is 3.13. The fourth-order valence-corrected chi connectivity index (χ4v) is 1.36. The number of carboxylic acids is 1. The Hall–Kier alpha value is -0.780. The molecule has 0 aromatic rings. The van der Waals surface area contributed by atoms with Gasteiger partial charge in [0, 0.05) is 6.42 Å². The molecule has 1 rings (SSSR count). The summed E-state index contributed by atoms with van der Waals surface area (Å²) in [5.74, 6) is -2.46. The summed E-state index contributed by atoms with van der Waals surface area (Å²) in [4.78, 5) is 21.7. The first-order chi connectivity index (χ1) is 7.52. The second-order valence-corrected chi connectivity index (χ2v) is 3.89. The van der Waals surface area contributed by atoms with Gasteiger partial charge >= 0.3 is 11.9 Å². The summed E-state index contributed by atoms with van der Waals surface area (Å²) in [6, 6.07) is 0. The van der Waals surface area contributed by atoms with Crippen LogP contribution in [0.1, 0.15) is 19.3 Å². The highest BCUT2D eigenvalue weighted by atomic mass is 35.5. The van der Waals surface area contributed by atoms with E-state index in [9.17, 15) is 9.59 Å². The zero-order valence-electron chi connectivity index (χ0n) is 8.24. The summed E-state index contributed by atoms with van der Waals surface area (Å²) in [6.07, 6.45) is 1.69. The molecule has 7 heteroatoms. The predicted molar refractivity (Wildman–Crippen MR) is 56.1 cm³/mol. The van der Waals surface area contributed by atoms with Crippen LogP contribution < -0.4 is 0 Å². The fraction of sp³-hybridized carbons (Fsp3) is 0.556. The molecule has 0 aliphatic carbocycles. The molecule has 0 aromatic carbocycles. The molecule has 1 aliphatic rings.